The SMILES string of the molecule is CNCC1CCCN(C(=O)c2ccc(NC(=O)C3CC3C)cc2)C1.Cl. The number of benzene rings is 1. The molecule has 6 heteroatoms. The molecule has 5 nitrogen and oxygen atoms in total. The number of rotatable bonds is 5. The van der Waals surface area contributed by atoms with Crippen molar-refractivity contribution in [2.45, 2.75) is 26.2 Å². The van der Waals surface area contributed by atoms with Crippen LogP contribution in [0.3, 0.4) is 0 Å². The lowest BCUT2D eigenvalue weighted by molar-refractivity contribution is -0.117. The second-order valence-electron chi connectivity index (χ2n) is 7.20. The van der Waals surface area contributed by atoms with Crippen molar-refractivity contribution in [3.63, 3.8) is 0 Å². The number of amides is 2. The van der Waals surface area contributed by atoms with E-state index in [9.17, 15) is 9.59 Å². The van der Waals surface area contributed by atoms with Gasteiger partial charge in [0.25, 0.3) is 5.91 Å². The van der Waals surface area contributed by atoms with Crippen molar-refractivity contribution >= 4 is 29.9 Å². The third kappa shape index (κ3) is 4.95. The highest BCUT2D eigenvalue weighted by atomic mass is 35.5. The Morgan fingerprint density at radius 1 is 1.24 bits per heavy atom. The lowest BCUT2D eigenvalue weighted by atomic mass is 9.97. The Hall–Kier alpha value is -1.59. The molecule has 0 radical (unpaired) electrons. The van der Waals surface area contributed by atoms with Gasteiger partial charge >= 0.3 is 0 Å². The highest BCUT2D eigenvalue weighted by Gasteiger charge is 2.39. The molecule has 0 spiro atoms. The van der Waals surface area contributed by atoms with E-state index in [1.807, 2.05) is 36.2 Å². The fourth-order valence-electron chi connectivity index (χ4n) is 3.51. The molecule has 1 aliphatic carbocycles. The smallest absolute Gasteiger partial charge is 0.253 e. The van der Waals surface area contributed by atoms with E-state index in [1.54, 1.807) is 0 Å². The highest BCUT2D eigenvalue weighted by Crippen LogP contribution is 2.38. The van der Waals surface area contributed by atoms with Crippen LogP contribution in [0.15, 0.2) is 24.3 Å². The molecule has 25 heavy (non-hydrogen) atoms. The van der Waals surface area contributed by atoms with E-state index in [-0.39, 0.29) is 30.1 Å². The number of hydrogen-bond donors (Lipinski definition) is 2. The predicted molar refractivity (Wildman–Crippen MR) is 102 cm³/mol. The number of nitrogens with zero attached hydrogens (tertiary/aromatic N) is 1. The molecule has 1 saturated carbocycles. The zero-order valence-electron chi connectivity index (χ0n) is 15.0. The molecule has 138 valence electrons. The zero-order valence-corrected chi connectivity index (χ0v) is 15.8. The van der Waals surface area contributed by atoms with E-state index in [0.717, 1.165) is 38.2 Å². The molecular formula is C19H28ClN3O2. The number of likely N-dealkylation sites (tertiary alicyclic amines) is 1. The van der Waals surface area contributed by atoms with Crippen molar-refractivity contribution in [2.75, 3.05) is 32.0 Å². The molecule has 1 aliphatic heterocycles. The number of carbonyl (C=O) groups excluding carboxylic acids is 2. The van der Waals surface area contributed by atoms with Crippen molar-refractivity contribution < 1.29 is 9.59 Å². The molecule has 1 aromatic rings. The highest BCUT2D eigenvalue weighted by molar-refractivity contribution is 5.97. The summed E-state index contributed by atoms with van der Waals surface area (Å²) < 4.78 is 0. The number of halogens is 1. The summed E-state index contributed by atoms with van der Waals surface area (Å²) in [6, 6.07) is 7.28. The van der Waals surface area contributed by atoms with Gasteiger partial charge in [0, 0.05) is 30.3 Å². The van der Waals surface area contributed by atoms with Crippen molar-refractivity contribution in [1.29, 1.82) is 0 Å². The van der Waals surface area contributed by atoms with Gasteiger partial charge in [0.1, 0.15) is 0 Å². The average Bonchev–Trinajstić information content (AvgIpc) is 3.32. The third-order valence-corrected chi connectivity index (χ3v) is 5.14. The molecule has 2 aliphatic rings. The minimum absolute atomic E-state index is 0. The number of hydrogen-bond acceptors (Lipinski definition) is 3. The van der Waals surface area contributed by atoms with Crippen molar-refractivity contribution in [1.82, 2.24) is 10.2 Å². The van der Waals surface area contributed by atoms with E-state index in [0.29, 0.717) is 17.4 Å². The van der Waals surface area contributed by atoms with E-state index in [2.05, 4.69) is 17.6 Å². The van der Waals surface area contributed by atoms with Crippen LogP contribution in [0, 0.1) is 17.8 Å². The predicted octanol–water partition coefficient (Wildman–Crippen LogP) is 2.77. The quantitative estimate of drug-likeness (QED) is 0.843. The van der Waals surface area contributed by atoms with Crippen molar-refractivity contribution in [2.24, 2.45) is 17.8 Å². The molecule has 0 aromatic heterocycles. The van der Waals surface area contributed by atoms with Crippen molar-refractivity contribution in [3.8, 4) is 0 Å². The topological polar surface area (TPSA) is 61.4 Å². The van der Waals surface area contributed by atoms with Crippen LogP contribution in [0.25, 0.3) is 0 Å². The number of anilines is 1. The molecule has 2 fully saturated rings. The molecule has 3 rings (SSSR count). The molecule has 1 saturated heterocycles. The molecule has 0 bridgehead atoms. The van der Waals surface area contributed by atoms with Gasteiger partial charge in [-0.2, -0.15) is 0 Å². The maximum atomic E-state index is 12.7. The van der Waals surface area contributed by atoms with E-state index >= 15 is 0 Å². The fraction of sp³-hybridized carbons (Fsp3) is 0.579. The first-order chi connectivity index (χ1) is 11.6. The number of nitrogens with one attached hydrogen (secondary N) is 2. The molecule has 3 atom stereocenters. The molecular weight excluding hydrogens is 338 g/mol. The Bertz CT molecular complexity index is 603. The van der Waals surface area contributed by atoms with Crippen LogP contribution in [0.5, 0.6) is 0 Å². The summed E-state index contributed by atoms with van der Waals surface area (Å²) in [5.41, 5.74) is 1.46. The Labute approximate surface area is 155 Å². The van der Waals surface area contributed by atoms with Crippen LogP contribution in [-0.2, 0) is 4.79 Å². The summed E-state index contributed by atoms with van der Waals surface area (Å²) in [7, 11) is 1.95. The van der Waals surface area contributed by atoms with Crippen LogP contribution < -0.4 is 10.6 Å². The van der Waals surface area contributed by atoms with Crippen LogP contribution in [0.2, 0.25) is 0 Å². The van der Waals surface area contributed by atoms with E-state index in [4.69, 9.17) is 0 Å². The summed E-state index contributed by atoms with van der Waals surface area (Å²) in [5.74, 6) is 1.36. The van der Waals surface area contributed by atoms with Crippen LogP contribution in [0.4, 0.5) is 5.69 Å². The second-order valence-corrected chi connectivity index (χ2v) is 7.20. The van der Waals surface area contributed by atoms with Gasteiger partial charge in [0.05, 0.1) is 0 Å². The normalized spacial score (nSPS) is 25.0. The second kappa shape index (κ2) is 8.68. The van der Waals surface area contributed by atoms with Crippen LogP contribution >= 0.6 is 12.4 Å². The number of piperidine rings is 1. The molecule has 2 amide bonds. The van der Waals surface area contributed by atoms with Crippen LogP contribution in [-0.4, -0.2) is 43.4 Å². The van der Waals surface area contributed by atoms with Gasteiger partial charge in [0.2, 0.25) is 5.91 Å². The Balaban J connectivity index is 0.00000225. The molecule has 1 heterocycles. The minimum Gasteiger partial charge on any atom is -0.338 e. The first-order valence-electron chi connectivity index (χ1n) is 8.93. The lowest BCUT2D eigenvalue weighted by Gasteiger charge is -2.32. The van der Waals surface area contributed by atoms with Crippen molar-refractivity contribution in [3.05, 3.63) is 29.8 Å². The Morgan fingerprint density at radius 3 is 2.52 bits per heavy atom. The van der Waals surface area contributed by atoms with Gasteiger partial charge in [-0.3, -0.25) is 9.59 Å². The van der Waals surface area contributed by atoms with Gasteiger partial charge < -0.3 is 15.5 Å². The lowest BCUT2D eigenvalue weighted by Crippen LogP contribution is -2.42. The third-order valence-electron chi connectivity index (χ3n) is 5.14. The fourth-order valence-corrected chi connectivity index (χ4v) is 3.51. The molecule has 2 N–H and O–H groups in total. The Morgan fingerprint density at radius 2 is 1.92 bits per heavy atom. The monoisotopic (exact) mass is 365 g/mol. The standard InChI is InChI=1S/C19H27N3O2.ClH/c1-13-10-17(13)18(23)21-16-7-5-15(6-8-16)19(24)22-9-3-4-14(12-22)11-20-2;/h5-8,13-14,17,20H,3-4,9-12H2,1-2H3,(H,21,23);1H. The number of carbonyl (C=O) groups is 2. The van der Waals surface area contributed by atoms with Gasteiger partial charge in [0.15, 0.2) is 0 Å². The van der Waals surface area contributed by atoms with Gasteiger partial charge in [-0.25, -0.2) is 0 Å². The minimum atomic E-state index is 0. The van der Waals surface area contributed by atoms with Crippen LogP contribution in [0.1, 0.15) is 36.5 Å². The van der Waals surface area contributed by atoms with Gasteiger partial charge in [-0.1, -0.05) is 6.92 Å². The van der Waals surface area contributed by atoms with E-state index < -0.39 is 0 Å². The average molecular weight is 366 g/mol. The summed E-state index contributed by atoms with van der Waals surface area (Å²) in [4.78, 5) is 26.6. The molecule has 1 aromatic carbocycles. The maximum absolute atomic E-state index is 12.7. The van der Waals surface area contributed by atoms with Gasteiger partial charge in [-0.15, -0.1) is 12.4 Å². The zero-order chi connectivity index (χ0) is 17.1. The van der Waals surface area contributed by atoms with E-state index in [1.165, 1.54) is 6.42 Å². The molecule has 3 unspecified atom stereocenters. The largest absolute Gasteiger partial charge is 0.338 e. The summed E-state index contributed by atoms with van der Waals surface area (Å²) in [6.07, 6.45) is 3.21. The first-order valence-corrected chi connectivity index (χ1v) is 8.93. The first kappa shape index (κ1) is 19.7. The maximum Gasteiger partial charge on any atom is 0.253 e. The Kier molecular flexibility index (Phi) is 6.85. The summed E-state index contributed by atoms with van der Waals surface area (Å²) >= 11 is 0. The van der Waals surface area contributed by atoms with Gasteiger partial charge in [-0.05, 0) is 69.0 Å². The summed E-state index contributed by atoms with van der Waals surface area (Å²) in [5, 5.41) is 6.13. The summed E-state index contributed by atoms with van der Waals surface area (Å²) in [6.45, 7) is 4.69.